The molecule has 4 nitrogen and oxygen atoms in total. The SMILES string of the molecule is CC(C)(CCO)NCC(=O)NC1CCCCC1. The van der Waals surface area contributed by atoms with Gasteiger partial charge in [-0.1, -0.05) is 19.3 Å². The number of carbonyl (C=O) groups excluding carboxylic acids is 1. The van der Waals surface area contributed by atoms with E-state index in [0.29, 0.717) is 19.0 Å². The van der Waals surface area contributed by atoms with Crippen molar-refractivity contribution in [3.63, 3.8) is 0 Å². The van der Waals surface area contributed by atoms with E-state index >= 15 is 0 Å². The summed E-state index contributed by atoms with van der Waals surface area (Å²) >= 11 is 0. The molecule has 1 saturated carbocycles. The van der Waals surface area contributed by atoms with Crippen molar-refractivity contribution in [2.24, 2.45) is 0 Å². The number of aliphatic hydroxyl groups excluding tert-OH is 1. The molecule has 0 aromatic heterocycles. The van der Waals surface area contributed by atoms with Gasteiger partial charge in [-0.3, -0.25) is 4.79 Å². The number of hydrogen-bond acceptors (Lipinski definition) is 3. The first-order valence-corrected chi connectivity index (χ1v) is 6.69. The van der Waals surface area contributed by atoms with Gasteiger partial charge >= 0.3 is 0 Å². The van der Waals surface area contributed by atoms with Gasteiger partial charge in [-0.2, -0.15) is 0 Å². The van der Waals surface area contributed by atoms with Gasteiger partial charge < -0.3 is 15.7 Å². The van der Waals surface area contributed by atoms with Gasteiger partial charge in [0, 0.05) is 18.2 Å². The van der Waals surface area contributed by atoms with Gasteiger partial charge in [0.05, 0.1) is 6.54 Å². The standard InChI is InChI=1S/C13H26N2O2/c1-13(2,8-9-16)14-10-12(17)15-11-6-4-3-5-7-11/h11,14,16H,3-10H2,1-2H3,(H,15,17). The Morgan fingerprint density at radius 1 is 1.29 bits per heavy atom. The van der Waals surface area contributed by atoms with Gasteiger partial charge in [-0.25, -0.2) is 0 Å². The zero-order valence-electron chi connectivity index (χ0n) is 11.1. The molecular weight excluding hydrogens is 216 g/mol. The first kappa shape index (κ1) is 14.5. The Kier molecular flexibility index (Phi) is 5.92. The van der Waals surface area contributed by atoms with Crippen molar-refractivity contribution >= 4 is 5.91 Å². The summed E-state index contributed by atoms with van der Waals surface area (Å²) in [7, 11) is 0. The van der Waals surface area contributed by atoms with Gasteiger partial charge in [-0.05, 0) is 33.1 Å². The van der Waals surface area contributed by atoms with Crippen LogP contribution < -0.4 is 10.6 Å². The first-order chi connectivity index (χ1) is 8.03. The van der Waals surface area contributed by atoms with E-state index in [0.717, 1.165) is 12.8 Å². The molecule has 0 aliphatic heterocycles. The molecule has 1 aliphatic carbocycles. The second-order valence-corrected chi connectivity index (χ2v) is 5.61. The fourth-order valence-corrected chi connectivity index (χ4v) is 2.21. The van der Waals surface area contributed by atoms with E-state index in [9.17, 15) is 4.79 Å². The highest BCUT2D eigenvalue weighted by Crippen LogP contribution is 2.17. The molecule has 1 aliphatic rings. The third kappa shape index (κ3) is 6.03. The van der Waals surface area contributed by atoms with Gasteiger partial charge in [0.25, 0.3) is 0 Å². The topological polar surface area (TPSA) is 61.4 Å². The predicted octanol–water partition coefficient (Wildman–Crippen LogP) is 1.19. The molecule has 17 heavy (non-hydrogen) atoms. The number of amides is 1. The average molecular weight is 242 g/mol. The van der Waals surface area contributed by atoms with Crippen LogP contribution in [0.5, 0.6) is 0 Å². The van der Waals surface area contributed by atoms with Crippen LogP contribution in [0.2, 0.25) is 0 Å². The Balaban J connectivity index is 2.20. The zero-order valence-corrected chi connectivity index (χ0v) is 11.1. The van der Waals surface area contributed by atoms with Crippen LogP contribution >= 0.6 is 0 Å². The minimum absolute atomic E-state index is 0.0721. The largest absolute Gasteiger partial charge is 0.396 e. The average Bonchev–Trinajstić information content (AvgIpc) is 2.28. The van der Waals surface area contributed by atoms with Gasteiger partial charge in [0.15, 0.2) is 0 Å². The van der Waals surface area contributed by atoms with Crippen LogP contribution in [0.1, 0.15) is 52.4 Å². The Hall–Kier alpha value is -0.610. The summed E-state index contributed by atoms with van der Waals surface area (Å²) in [5.74, 6) is 0.0721. The van der Waals surface area contributed by atoms with Crippen LogP contribution in [0.3, 0.4) is 0 Å². The predicted molar refractivity (Wildman–Crippen MR) is 68.8 cm³/mol. The molecule has 1 fully saturated rings. The molecule has 0 saturated heterocycles. The maximum Gasteiger partial charge on any atom is 0.234 e. The lowest BCUT2D eigenvalue weighted by molar-refractivity contribution is -0.121. The van der Waals surface area contributed by atoms with Crippen LogP contribution in [0, 0.1) is 0 Å². The number of aliphatic hydroxyl groups is 1. The zero-order chi connectivity index (χ0) is 12.7. The van der Waals surface area contributed by atoms with E-state index in [1.54, 1.807) is 0 Å². The lowest BCUT2D eigenvalue weighted by Crippen LogP contribution is -2.48. The van der Waals surface area contributed by atoms with Crippen molar-refractivity contribution in [2.45, 2.75) is 64.0 Å². The van der Waals surface area contributed by atoms with Crippen molar-refractivity contribution < 1.29 is 9.90 Å². The molecule has 3 N–H and O–H groups in total. The van der Waals surface area contributed by atoms with Crippen LogP contribution in [-0.2, 0) is 4.79 Å². The Bertz CT molecular complexity index is 236. The minimum atomic E-state index is -0.182. The highest BCUT2D eigenvalue weighted by molar-refractivity contribution is 5.78. The summed E-state index contributed by atoms with van der Waals surface area (Å²) in [6, 6.07) is 0.374. The van der Waals surface area contributed by atoms with Crippen LogP contribution in [0.15, 0.2) is 0 Å². The van der Waals surface area contributed by atoms with E-state index in [1.807, 2.05) is 13.8 Å². The molecule has 100 valence electrons. The Morgan fingerprint density at radius 2 is 1.94 bits per heavy atom. The number of rotatable bonds is 6. The maximum absolute atomic E-state index is 11.7. The lowest BCUT2D eigenvalue weighted by Gasteiger charge is -2.27. The highest BCUT2D eigenvalue weighted by atomic mass is 16.3. The molecule has 0 spiro atoms. The van der Waals surface area contributed by atoms with Crippen molar-refractivity contribution in [3.8, 4) is 0 Å². The molecule has 0 aromatic rings. The fraction of sp³-hybridized carbons (Fsp3) is 0.923. The van der Waals surface area contributed by atoms with Crippen molar-refractivity contribution in [1.82, 2.24) is 10.6 Å². The summed E-state index contributed by atoms with van der Waals surface area (Å²) in [4.78, 5) is 11.7. The summed E-state index contributed by atoms with van der Waals surface area (Å²) in [5.41, 5.74) is -0.182. The van der Waals surface area contributed by atoms with E-state index in [4.69, 9.17) is 5.11 Å². The Labute approximate surface area is 104 Å². The van der Waals surface area contributed by atoms with Gasteiger partial charge in [0.2, 0.25) is 5.91 Å². The molecule has 0 bridgehead atoms. The summed E-state index contributed by atoms with van der Waals surface area (Å²) in [5, 5.41) is 15.1. The van der Waals surface area contributed by atoms with Crippen LogP contribution in [0.4, 0.5) is 0 Å². The second-order valence-electron chi connectivity index (χ2n) is 5.61. The third-order valence-electron chi connectivity index (χ3n) is 3.43. The third-order valence-corrected chi connectivity index (χ3v) is 3.43. The second kappa shape index (κ2) is 6.97. The monoisotopic (exact) mass is 242 g/mol. The molecular formula is C13H26N2O2. The quantitative estimate of drug-likeness (QED) is 0.655. The summed E-state index contributed by atoms with van der Waals surface area (Å²) in [6.07, 6.45) is 6.65. The van der Waals surface area contributed by atoms with E-state index < -0.39 is 0 Å². The van der Waals surface area contributed by atoms with Crippen LogP contribution in [-0.4, -0.2) is 35.7 Å². The molecule has 0 aromatic carbocycles. The number of carbonyl (C=O) groups is 1. The summed E-state index contributed by atoms with van der Waals surface area (Å²) < 4.78 is 0. The summed E-state index contributed by atoms with van der Waals surface area (Å²) in [6.45, 7) is 4.47. The van der Waals surface area contributed by atoms with Gasteiger partial charge in [0.1, 0.15) is 0 Å². The van der Waals surface area contributed by atoms with E-state index in [2.05, 4.69) is 10.6 Å². The van der Waals surface area contributed by atoms with E-state index in [1.165, 1.54) is 19.3 Å². The van der Waals surface area contributed by atoms with Crippen molar-refractivity contribution in [2.75, 3.05) is 13.2 Å². The molecule has 0 atom stereocenters. The molecule has 0 unspecified atom stereocenters. The van der Waals surface area contributed by atoms with Crippen LogP contribution in [0.25, 0.3) is 0 Å². The van der Waals surface area contributed by atoms with E-state index in [-0.39, 0.29) is 18.1 Å². The molecule has 0 heterocycles. The van der Waals surface area contributed by atoms with Crippen molar-refractivity contribution in [1.29, 1.82) is 0 Å². The fourth-order valence-electron chi connectivity index (χ4n) is 2.21. The molecule has 4 heteroatoms. The maximum atomic E-state index is 11.7. The number of hydrogen-bond donors (Lipinski definition) is 3. The normalized spacial score (nSPS) is 18.1. The lowest BCUT2D eigenvalue weighted by atomic mass is 9.95. The first-order valence-electron chi connectivity index (χ1n) is 6.69. The smallest absolute Gasteiger partial charge is 0.234 e. The molecule has 1 amide bonds. The number of nitrogens with one attached hydrogen (secondary N) is 2. The minimum Gasteiger partial charge on any atom is -0.396 e. The molecule has 1 rings (SSSR count). The highest BCUT2D eigenvalue weighted by Gasteiger charge is 2.19. The molecule has 0 radical (unpaired) electrons. The Morgan fingerprint density at radius 3 is 2.53 bits per heavy atom. The van der Waals surface area contributed by atoms with Gasteiger partial charge in [-0.15, -0.1) is 0 Å². The van der Waals surface area contributed by atoms with Crippen molar-refractivity contribution in [3.05, 3.63) is 0 Å².